The first-order valence-corrected chi connectivity index (χ1v) is 8.08. The van der Waals surface area contributed by atoms with Gasteiger partial charge in [-0.1, -0.05) is 6.07 Å². The standard InChI is InChI=1S/C15H14O6.C3H8O3/c16-8-4-11(18)9-6-13(20)15(21-14(9)5-8)7-1-2-10(17)12(19)3-7;4-1-3(6)2-5/h1-5,13,15-20H,6H2;3-6H,1-2H2/t13-,15+;/m0./s1. The van der Waals surface area contributed by atoms with Crippen molar-refractivity contribution in [1.82, 2.24) is 0 Å². The molecule has 148 valence electrons. The minimum absolute atomic E-state index is 0.143. The number of fused-ring (bicyclic) bond motifs is 1. The molecular formula is C18H22O9. The summed E-state index contributed by atoms with van der Waals surface area (Å²) in [6.07, 6.45) is -2.51. The second-order valence-corrected chi connectivity index (χ2v) is 6.02. The Morgan fingerprint density at radius 1 is 0.926 bits per heavy atom. The van der Waals surface area contributed by atoms with E-state index in [1.54, 1.807) is 0 Å². The zero-order valence-corrected chi connectivity index (χ0v) is 14.2. The molecule has 0 spiro atoms. The van der Waals surface area contributed by atoms with E-state index in [2.05, 4.69) is 0 Å². The smallest absolute Gasteiger partial charge is 0.157 e. The number of rotatable bonds is 3. The Balaban J connectivity index is 0.000000380. The van der Waals surface area contributed by atoms with Crippen molar-refractivity contribution >= 4 is 0 Å². The molecule has 2 aromatic carbocycles. The van der Waals surface area contributed by atoms with E-state index in [0.29, 0.717) is 11.1 Å². The van der Waals surface area contributed by atoms with E-state index in [-0.39, 0.29) is 48.4 Å². The van der Waals surface area contributed by atoms with Crippen molar-refractivity contribution in [3.63, 3.8) is 0 Å². The number of hydrogen-bond donors (Lipinski definition) is 8. The maximum atomic E-state index is 10.2. The fraction of sp³-hybridized carbons (Fsp3) is 0.333. The first kappa shape index (κ1) is 20.6. The highest BCUT2D eigenvalue weighted by atomic mass is 16.5. The predicted molar refractivity (Wildman–Crippen MR) is 92.8 cm³/mol. The van der Waals surface area contributed by atoms with Gasteiger partial charge in [0.25, 0.3) is 0 Å². The van der Waals surface area contributed by atoms with E-state index in [1.165, 1.54) is 30.3 Å². The van der Waals surface area contributed by atoms with Gasteiger partial charge in [0, 0.05) is 24.1 Å². The number of phenolic OH excluding ortho intramolecular Hbond substituents is 4. The lowest BCUT2D eigenvalue weighted by molar-refractivity contribution is 0.0197. The second kappa shape index (κ2) is 8.78. The highest BCUT2D eigenvalue weighted by Gasteiger charge is 2.32. The molecule has 0 saturated heterocycles. The molecule has 0 amide bonds. The molecule has 3 rings (SSSR count). The number of hydrogen-bond acceptors (Lipinski definition) is 9. The third-order valence-corrected chi connectivity index (χ3v) is 3.94. The molecule has 0 saturated carbocycles. The first-order chi connectivity index (χ1) is 12.8. The number of aliphatic hydroxyl groups excluding tert-OH is 4. The molecular weight excluding hydrogens is 360 g/mol. The van der Waals surface area contributed by atoms with Crippen LogP contribution in [0.2, 0.25) is 0 Å². The van der Waals surface area contributed by atoms with Gasteiger partial charge in [-0.25, -0.2) is 0 Å². The Kier molecular flexibility index (Phi) is 6.70. The van der Waals surface area contributed by atoms with Crippen molar-refractivity contribution in [2.75, 3.05) is 13.2 Å². The lowest BCUT2D eigenvalue weighted by Gasteiger charge is -2.31. The molecule has 0 aliphatic carbocycles. The summed E-state index contributed by atoms with van der Waals surface area (Å²) in [4.78, 5) is 0. The summed E-state index contributed by atoms with van der Waals surface area (Å²) in [7, 11) is 0. The monoisotopic (exact) mass is 382 g/mol. The first-order valence-electron chi connectivity index (χ1n) is 8.08. The molecule has 8 N–H and O–H groups in total. The van der Waals surface area contributed by atoms with E-state index < -0.39 is 18.3 Å². The van der Waals surface area contributed by atoms with Gasteiger partial charge in [-0.3, -0.25) is 0 Å². The topological polar surface area (TPSA) is 171 Å². The van der Waals surface area contributed by atoms with E-state index >= 15 is 0 Å². The van der Waals surface area contributed by atoms with E-state index in [4.69, 9.17) is 20.1 Å². The molecule has 9 heteroatoms. The normalized spacial score (nSPS) is 18.3. The summed E-state index contributed by atoms with van der Waals surface area (Å²) in [6, 6.07) is 6.67. The quantitative estimate of drug-likeness (QED) is 0.337. The zero-order valence-electron chi connectivity index (χ0n) is 14.2. The Bertz CT molecular complexity index is 774. The number of phenols is 4. The third kappa shape index (κ3) is 4.92. The third-order valence-electron chi connectivity index (χ3n) is 3.94. The minimum atomic E-state index is -0.954. The van der Waals surface area contributed by atoms with Crippen LogP contribution in [0.25, 0.3) is 0 Å². The van der Waals surface area contributed by atoms with Gasteiger partial charge in [0.1, 0.15) is 29.5 Å². The second-order valence-electron chi connectivity index (χ2n) is 6.02. The van der Waals surface area contributed by atoms with Gasteiger partial charge in [0.05, 0.1) is 19.3 Å². The average molecular weight is 382 g/mol. The van der Waals surface area contributed by atoms with Gasteiger partial charge in [-0.15, -0.1) is 0 Å². The van der Waals surface area contributed by atoms with Crippen LogP contribution in [0.5, 0.6) is 28.7 Å². The van der Waals surface area contributed by atoms with Crippen molar-refractivity contribution in [2.45, 2.75) is 24.7 Å². The van der Waals surface area contributed by atoms with Crippen LogP contribution in [0.15, 0.2) is 30.3 Å². The maximum absolute atomic E-state index is 10.2. The van der Waals surface area contributed by atoms with Gasteiger partial charge in [-0.05, 0) is 17.7 Å². The lowest BCUT2D eigenvalue weighted by Crippen LogP contribution is -2.30. The van der Waals surface area contributed by atoms with Crippen LogP contribution >= 0.6 is 0 Å². The van der Waals surface area contributed by atoms with Crippen LogP contribution in [-0.2, 0) is 6.42 Å². The molecule has 0 unspecified atom stereocenters. The summed E-state index contributed by atoms with van der Waals surface area (Å²) in [5, 5.41) is 72.3. The Morgan fingerprint density at radius 3 is 2.15 bits per heavy atom. The van der Waals surface area contributed by atoms with Crippen LogP contribution in [0.4, 0.5) is 0 Å². The van der Waals surface area contributed by atoms with Crippen LogP contribution in [-0.4, -0.2) is 66.3 Å². The highest BCUT2D eigenvalue weighted by molar-refractivity contribution is 5.52. The Labute approximate surface area is 154 Å². The van der Waals surface area contributed by atoms with Gasteiger partial charge in [0.15, 0.2) is 11.5 Å². The van der Waals surface area contributed by atoms with Crippen molar-refractivity contribution in [3.05, 3.63) is 41.5 Å². The Morgan fingerprint density at radius 2 is 1.59 bits per heavy atom. The van der Waals surface area contributed by atoms with Gasteiger partial charge < -0.3 is 45.6 Å². The number of aromatic hydroxyl groups is 4. The molecule has 0 aromatic heterocycles. The van der Waals surface area contributed by atoms with E-state index in [0.717, 1.165) is 0 Å². The van der Waals surface area contributed by atoms with E-state index in [1.807, 2.05) is 0 Å². The zero-order chi connectivity index (χ0) is 20.1. The average Bonchev–Trinajstić information content (AvgIpc) is 2.64. The molecule has 9 nitrogen and oxygen atoms in total. The summed E-state index contributed by atoms with van der Waals surface area (Å²) < 4.78 is 5.62. The van der Waals surface area contributed by atoms with E-state index in [9.17, 15) is 25.5 Å². The van der Waals surface area contributed by atoms with Crippen molar-refractivity contribution in [3.8, 4) is 28.7 Å². The van der Waals surface area contributed by atoms with Crippen LogP contribution in [0.3, 0.4) is 0 Å². The van der Waals surface area contributed by atoms with Crippen LogP contribution in [0.1, 0.15) is 17.2 Å². The fourth-order valence-corrected chi connectivity index (χ4v) is 2.52. The highest BCUT2D eigenvalue weighted by Crippen LogP contribution is 2.42. The number of aliphatic hydroxyl groups is 4. The summed E-state index contributed by atoms with van der Waals surface area (Å²) >= 11 is 0. The van der Waals surface area contributed by atoms with Crippen molar-refractivity contribution in [1.29, 1.82) is 0 Å². The van der Waals surface area contributed by atoms with Crippen LogP contribution in [0, 0.1) is 0 Å². The van der Waals surface area contributed by atoms with Gasteiger partial charge in [0.2, 0.25) is 0 Å². The molecule has 1 aliphatic rings. The molecule has 0 radical (unpaired) electrons. The SMILES string of the molecule is OCC(O)CO.Oc1cc(O)c2c(c1)O[C@H](c1ccc(O)c(O)c1)[C@@H](O)C2. The molecule has 27 heavy (non-hydrogen) atoms. The van der Waals surface area contributed by atoms with Crippen molar-refractivity contribution in [2.24, 2.45) is 0 Å². The molecule has 1 heterocycles. The van der Waals surface area contributed by atoms with Gasteiger partial charge >= 0.3 is 0 Å². The number of ether oxygens (including phenoxy) is 1. The molecule has 0 fully saturated rings. The largest absolute Gasteiger partial charge is 0.508 e. The molecule has 1 aliphatic heterocycles. The summed E-state index contributed by atoms with van der Waals surface area (Å²) in [5.74, 6) is -0.589. The number of benzene rings is 2. The maximum Gasteiger partial charge on any atom is 0.157 e. The molecule has 2 atom stereocenters. The van der Waals surface area contributed by atoms with Crippen molar-refractivity contribution < 1.29 is 45.6 Å². The van der Waals surface area contributed by atoms with Crippen LogP contribution < -0.4 is 4.74 Å². The van der Waals surface area contributed by atoms with Gasteiger partial charge in [-0.2, -0.15) is 0 Å². The predicted octanol–water partition coefficient (Wildman–Crippen LogP) is -0.122. The lowest BCUT2D eigenvalue weighted by atomic mass is 9.94. The molecule has 2 aromatic rings. The molecule has 0 bridgehead atoms. The summed E-state index contributed by atoms with van der Waals surface area (Å²) in [5.41, 5.74) is 0.894. The fourth-order valence-electron chi connectivity index (χ4n) is 2.52. The Hall–Kier alpha value is -2.72. The summed E-state index contributed by atoms with van der Waals surface area (Å²) in [6.45, 7) is -0.729. The minimum Gasteiger partial charge on any atom is -0.508 e.